The number of hydrogen-bond donors (Lipinski definition) is 9. The fourth-order valence-electron chi connectivity index (χ4n) is 2.88. The summed E-state index contributed by atoms with van der Waals surface area (Å²) in [6.07, 6.45) is 0.611. The van der Waals surface area contributed by atoms with Crippen molar-refractivity contribution in [3.05, 3.63) is 0 Å². The molecule has 0 aromatic rings. The molecular formula is C20H38N8O7. The number of amides is 4. The second-order valence-electron chi connectivity index (χ2n) is 8.08. The zero-order valence-electron chi connectivity index (χ0n) is 20.0. The highest BCUT2D eigenvalue weighted by molar-refractivity contribution is 5.94. The molecule has 0 fully saturated rings. The Labute approximate surface area is 203 Å². The molecule has 200 valence electrons. The van der Waals surface area contributed by atoms with E-state index >= 15 is 0 Å². The van der Waals surface area contributed by atoms with Gasteiger partial charge < -0.3 is 49.1 Å². The number of nitrogens with two attached hydrogens (primary N) is 4. The van der Waals surface area contributed by atoms with Gasteiger partial charge in [0.1, 0.15) is 18.1 Å². The first-order valence-electron chi connectivity index (χ1n) is 11.2. The molecule has 4 amide bonds. The highest BCUT2D eigenvalue weighted by Gasteiger charge is 2.32. The molecule has 35 heavy (non-hydrogen) atoms. The van der Waals surface area contributed by atoms with E-state index in [9.17, 15) is 34.2 Å². The summed E-state index contributed by atoms with van der Waals surface area (Å²) in [6.45, 7) is 2.93. The lowest BCUT2D eigenvalue weighted by atomic mass is 9.97. The van der Waals surface area contributed by atoms with Gasteiger partial charge in [0.15, 0.2) is 5.96 Å². The van der Waals surface area contributed by atoms with E-state index in [0.717, 1.165) is 0 Å². The Morgan fingerprint density at radius 1 is 0.914 bits per heavy atom. The molecule has 0 aromatic carbocycles. The number of carboxylic acids is 1. The van der Waals surface area contributed by atoms with Crippen LogP contribution in [-0.4, -0.2) is 83.1 Å². The molecule has 0 radical (unpaired) electrons. The van der Waals surface area contributed by atoms with E-state index in [0.29, 0.717) is 12.8 Å². The number of hydrogen-bond acceptors (Lipinski definition) is 8. The maximum absolute atomic E-state index is 12.9. The third kappa shape index (κ3) is 12.5. The second kappa shape index (κ2) is 16.2. The fraction of sp³-hybridized carbons (Fsp3) is 0.700. The minimum atomic E-state index is -1.50. The zero-order valence-corrected chi connectivity index (χ0v) is 20.0. The van der Waals surface area contributed by atoms with Crippen LogP contribution in [0.4, 0.5) is 0 Å². The monoisotopic (exact) mass is 502 g/mol. The van der Waals surface area contributed by atoms with Crippen LogP contribution in [0, 0.1) is 5.92 Å². The maximum Gasteiger partial charge on any atom is 0.326 e. The summed E-state index contributed by atoms with van der Waals surface area (Å²) < 4.78 is 0. The Morgan fingerprint density at radius 3 is 2.00 bits per heavy atom. The molecule has 0 bridgehead atoms. The second-order valence-corrected chi connectivity index (χ2v) is 8.08. The van der Waals surface area contributed by atoms with Crippen LogP contribution in [0.15, 0.2) is 4.99 Å². The molecule has 0 spiro atoms. The Kier molecular flexibility index (Phi) is 14.6. The van der Waals surface area contributed by atoms with E-state index in [2.05, 4.69) is 20.9 Å². The molecule has 0 saturated heterocycles. The van der Waals surface area contributed by atoms with Crippen LogP contribution in [0.1, 0.15) is 46.0 Å². The highest BCUT2D eigenvalue weighted by Crippen LogP contribution is 2.10. The van der Waals surface area contributed by atoms with Crippen molar-refractivity contribution in [3.8, 4) is 0 Å². The lowest BCUT2D eigenvalue weighted by Gasteiger charge is -2.27. The summed E-state index contributed by atoms with van der Waals surface area (Å²) >= 11 is 0. The van der Waals surface area contributed by atoms with E-state index in [1.54, 1.807) is 13.8 Å². The molecule has 0 aliphatic heterocycles. The van der Waals surface area contributed by atoms with Crippen molar-refractivity contribution in [2.24, 2.45) is 33.8 Å². The number of primary amides is 1. The van der Waals surface area contributed by atoms with Crippen LogP contribution in [0.2, 0.25) is 0 Å². The highest BCUT2D eigenvalue weighted by atomic mass is 16.4. The normalized spacial score (nSPS) is 15.0. The number of carbonyl (C=O) groups is 5. The lowest BCUT2D eigenvalue weighted by molar-refractivity contribution is -0.143. The van der Waals surface area contributed by atoms with Gasteiger partial charge in [0, 0.05) is 13.0 Å². The van der Waals surface area contributed by atoms with Crippen molar-refractivity contribution in [2.75, 3.05) is 13.2 Å². The Morgan fingerprint density at radius 2 is 1.51 bits per heavy atom. The minimum Gasteiger partial charge on any atom is -0.480 e. The predicted octanol–water partition coefficient (Wildman–Crippen LogP) is -3.79. The van der Waals surface area contributed by atoms with Gasteiger partial charge in [0.2, 0.25) is 23.6 Å². The van der Waals surface area contributed by atoms with Crippen molar-refractivity contribution in [1.82, 2.24) is 16.0 Å². The first-order chi connectivity index (χ1) is 16.3. The minimum absolute atomic E-state index is 0.0819. The number of aliphatic carboxylic acids is 1. The molecule has 5 unspecified atom stereocenters. The zero-order chi connectivity index (χ0) is 27.1. The van der Waals surface area contributed by atoms with Crippen molar-refractivity contribution < 1.29 is 34.2 Å². The number of aliphatic hydroxyl groups is 1. The first-order valence-corrected chi connectivity index (χ1v) is 11.2. The third-order valence-corrected chi connectivity index (χ3v) is 5.21. The number of carboxylic acid groups (broad SMARTS) is 1. The van der Waals surface area contributed by atoms with Gasteiger partial charge in [-0.25, -0.2) is 4.79 Å². The van der Waals surface area contributed by atoms with Gasteiger partial charge in [-0.1, -0.05) is 20.3 Å². The van der Waals surface area contributed by atoms with Gasteiger partial charge in [-0.3, -0.25) is 24.2 Å². The van der Waals surface area contributed by atoms with E-state index in [-0.39, 0.29) is 37.7 Å². The van der Waals surface area contributed by atoms with E-state index in [1.807, 2.05) is 0 Å². The van der Waals surface area contributed by atoms with Crippen molar-refractivity contribution in [1.29, 1.82) is 0 Å². The summed E-state index contributed by atoms with van der Waals surface area (Å²) in [5.74, 6) is -4.96. The van der Waals surface area contributed by atoms with E-state index in [1.165, 1.54) is 0 Å². The van der Waals surface area contributed by atoms with E-state index < -0.39 is 60.4 Å². The predicted molar refractivity (Wildman–Crippen MR) is 126 cm³/mol. The van der Waals surface area contributed by atoms with Crippen molar-refractivity contribution in [2.45, 2.75) is 70.1 Å². The van der Waals surface area contributed by atoms with Crippen LogP contribution < -0.4 is 38.9 Å². The number of nitrogens with zero attached hydrogens (tertiary/aromatic N) is 1. The topological polar surface area (TPSA) is 278 Å². The average Bonchev–Trinajstić information content (AvgIpc) is 2.79. The number of aliphatic hydroxyl groups excluding tert-OH is 1. The van der Waals surface area contributed by atoms with Crippen molar-refractivity contribution in [3.63, 3.8) is 0 Å². The smallest absolute Gasteiger partial charge is 0.326 e. The molecule has 0 heterocycles. The molecular weight excluding hydrogens is 464 g/mol. The Balaban J connectivity index is 5.21. The van der Waals surface area contributed by atoms with Crippen LogP contribution in [0.25, 0.3) is 0 Å². The van der Waals surface area contributed by atoms with Crippen LogP contribution >= 0.6 is 0 Å². The Hall–Kier alpha value is -3.46. The molecule has 5 atom stereocenters. The molecule has 0 aromatic heterocycles. The number of aliphatic imine (C=N–C) groups is 1. The van der Waals surface area contributed by atoms with Gasteiger partial charge in [-0.15, -0.1) is 0 Å². The lowest BCUT2D eigenvalue weighted by Crippen LogP contribution is -2.59. The first kappa shape index (κ1) is 31.5. The van der Waals surface area contributed by atoms with Crippen LogP contribution in [0.5, 0.6) is 0 Å². The number of rotatable bonds is 17. The number of guanidine groups is 1. The number of carbonyl (C=O) groups excluding carboxylic acids is 4. The third-order valence-electron chi connectivity index (χ3n) is 5.21. The largest absolute Gasteiger partial charge is 0.480 e. The summed E-state index contributed by atoms with van der Waals surface area (Å²) in [4.78, 5) is 63.9. The quantitative estimate of drug-likeness (QED) is 0.0531. The van der Waals surface area contributed by atoms with Gasteiger partial charge in [0.25, 0.3) is 0 Å². The van der Waals surface area contributed by atoms with Gasteiger partial charge in [-0.05, 0) is 25.2 Å². The van der Waals surface area contributed by atoms with Crippen LogP contribution in [-0.2, 0) is 24.0 Å². The maximum atomic E-state index is 12.9. The molecule has 0 rings (SSSR count). The average molecular weight is 503 g/mol. The molecule has 15 nitrogen and oxygen atoms in total. The van der Waals surface area contributed by atoms with E-state index in [4.69, 9.17) is 22.9 Å². The van der Waals surface area contributed by atoms with Gasteiger partial charge >= 0.3 is 5.97 Å². The van der Waals surface area contributed by atoms with Crippen LogP contribution in [0.3, 0.4) is 0 Å². The fourth-order valence-corrected chi connectivity index (χ4v) is 2.88. The van der Waals surface area contributed by atoms with Crippen molar-refractivity contribution >= 4 is 35.6 Å². The van der Waals surface area contributed by atoms with Gasteiger partial charge in [-0.2, -0.15) is 0 Å². The summed E-state index contributed by atoms with van der Waals surface area (Å²) in [5.41, 5.74) is 21.4. The molecule has 13 N–H and O–H groups in total. The summed E-state index contributed by atoms with van der Waals surface area (Å²) in [7, 11) is 0. The Bertz CT molecular complexity index is 773. The SMILES string of the molecule is CCC(C)C(NC(=O)C(N)CCCN=C(N)N)C(=O)NC(CO)C(=O)NC(CCC(N)=O)C(=O)O. The molecule has 0 aliphatic carbocycles. The molecule has 0 saturated carbocycles. The molecule has 15 heteroatoms. The standard InChI is InChI=1S/C20H38N8O7/c1-3-10(2)15(28-16(31)11(21)5-4-8-25-20(23)24)18(33)27-13(9-29)17(32)26-12(19(34)35)6-7-14(22)30/h10-13,15,29H,3-9,21H2,1-2H3,(H2,22,30)(H,26,32)(H,27,33)(H,28,31)(H,34,35)(H4,23,24,25). The summed E-state index contributed by atoms with van der Waals surface area (Å²) in [6, 6.07) is -4.98. The number of nitrogens with one attached hydrogen (secondary N) is 3. The summed E-state index contributed by atoms with van der Waals surface area (Å²) in [5, 5.41) is 25.8. The molecule has 0 aliphatic rings. The van der Waals surface area contributed by atoms with Gasteiger partial charge in [0.05, 0.1) is 12.6 Å².